The Hall–Kier alpha value is -2.03. The van der Waals surface area contributed by atoms with Crippen LogP contribution < -0.4 is 0 Å². The number of aromatic nitrogens is 1. The molecule has 0 amide bonds. The van der Waals surface area contributed by atoms with E-state index >= 15 is 0 Å². The fourth-order valence-corrected chi connectivity index (χ4v) is 0.658. The Morgan fingerprint density at radius 2 is 2.33 bits per heavy atom. The summed E-state index contributed by atoms with van der Waals surface area (Å²) in [6.45, 7) is 0. The third kappa shape index (κ3) is 1.34. The van der Waals surface area contributed by atoms with Crippen LogP contribution in [0.1, 0.15) is 5.69 Å². The molecule has 1 heterocycles. The van der Waals surface area contributed by atoms with Crippen LogP contribution in [0, 0.1) is 27.4 Å². The van der Waals surface area contributed by atoms with Gasteiger partial charge in [0.1, 0.15) is 6.07 Å². The SMILES string of the molecule is N#Cc1nc(F)ccc1[N+](=O)[O-]. The van der Waals surface area contributed by atoms with E-state index in [4.69, 9.17) is 5.26 Å². The summed E-state index contributed by atoms with van der Waals surface area (Å²) < 4.78 is 12.3. The van der Waals surface area contributed by atoms with Gasteiger partial charge in [-0.05, 0) is 0 Å². The van der Waals surface area contributed by atoms with Crippen LogP contribution >= 0.6 is 0 Å². The Labute approximate surface area is 66.2 Å². The minimum Gasteiger partial charge on any atom is -0.258 e. The maximum absolute atomic E-state index is 12.3. The van der Waals surface area contributed by atoms with Crippen molar-refractivity contribution in [2.24, 2.45) is 0 Å². The van der Waals surface area contributed by atoms with Gasteiger partial charge in [0, 0.05) is 12.1 Å². The van der Waals surface area contributed by atoms with E-state index in [1.165, 1.54) is 6.07 Å². The summed E-state index contributed by atoms with van der Waals surface area (Å²) in [5.74, 6) is -0.905. The molecule has 1 aromatic heterocycles. The minimum atomic E-state index is -0.905. The molecule has 6 heteroatoms. The minimum absolute atomic E-state index is 0.487. The third-order valence-corrected chi connectivity index (χ3v) is 1.14. The van der Waals surface area contributed by atoms with E-state index in [2.05, 4.69) is 4.98 Å². The van der Waals surface area contributed by atoms with E-state index < -0.39 is 22.3 Å². The number of halogens is 1. The van der Waals surface area contributed by atoms with Crippen molar-refractivity contribution in [2.75, 3.05) is 0 Å². The van der Waals surface area contributed by atoms with Gasteiger partial charge in [-0.1, -0.05) is 0 Å². The fourth-order valence-electron chi connectivity index (χ4n) is 0.658. The summed E-state index contributed by atoms with van der Waals surface area (Å²) in [5, 5.41) is 18.5. The van der Waals surface area contributed by atoms with Crippen molar-refractivity contribution in [3.63, 3.8) is 0 Å². The molecule has 0 aliphatic heterocycles. The summed E-state index contributed by atoms with van der Waals surface area (Å²) in [6, 6.07) is 3.16. The number of nitro groups is 1. The lowest BCUT2D eigenvalue weighted by Gasteiger charge is -1.91. The van der Waals surface area contributed by atoms with Crippen molar-refractivity contribution >= 4 is 5.69 Å². The monoisotopic (exact) mass is 167 g/mol. The zero-order valence-corrected chi connectivity index (χ0v) is 5.69. The molecule has 0 unspecified atom stereocenters. The van der Waals surface area contributed by atoms with E-state index in [1.54, 1.807) is 0 Å². The van der Waals surface area contributed by atoms with E-state index in [0.717, 1.165) is 12.1 Å². The van der Waals surface area contributed by atoms with E-state index in [0.29, 0.717) is 0 Å². The highest BCUT2D eigenvalue weighted by Crippen LogP contribution is 2.14. The van der Waals surface area contributed by atoms with Crippen LogP contribution in [0.25, 0.3) is 0 Å². The number of rotatable bonds is 1. The summed E-state index contributed by atoms with van der Waals surface area (Å²) in [4.78, 5) is 12.4. The van der Waals surface area contributed by atoms with Gasteiger partial charge in [-0.25, -0.2) is 4.98 Å². The molecule has 1 rings (SSSR count). The van der Waals surface area contributed by atoms with Gasteiger partial charge in [0.25, 0.3) is 0 Å². The first kappa shape index (κ1) is 8.07. The maximum atomic E-state index is 12.3. The summed E-state index contributed by atoms with van der Waals surface area (Å²) >= 11 is 0. The zero-order valence-electron chi connectivity index (χ0n) is 5.69. The van der Waals surface area contributed by atoms with Crippen LogP contribution in [0.5, 0.6) is 0 Å². The molecule has 0 atom stereocenters. The van der Waals surface area contributed by atoms with Gasteiger partial charge in [-0.2, -0.15) is 9.65 Å². The first-order valence-corrected chi connectivity index (χ1v) is 2.86. The van der Waals surface area contributed by atoms with Gasteiger partial charge < -0.3 is 0 Å². The van der Waals surface area contributed by atoms with Crippen LogP contribution in [-0.2, 0) is 0 Å². The van der Waals surface area contributed by atoms with Crippen molar-refractivity contribution in [3.8, 4) is 6.07 Å². The fraction of sp³-hybridized carbons (Fsp3) is 0. The summed E-state index contributed by atoms with van der Waals surface area (Å²) in [6.07, 6.45) is 0. The van der Waals surface area contributed by atoms with Gasteiger partial charge in [0.05, 0.1) is 4.92 Å². The molecule has 5 nitrogen and oxygen atoms in total. The van der Waals surface area contributed by atoms with Gasteiger partial charge >= 0.3 is 5.69 Å². The molecule has 0 saturated heterocycles. The molecule has 0 radical (unpaired) electrons. The molecule has 12 heavy (non-hydrogen) atoms. The molecule has 0 N–H and O–H groups in total. The van der Waals surface area contributed by atoms with Gasteiger partial charge in [-0.3, -0.25) is 10.1 Å². The molecule has 0 aliphatic rings. The second-order valence-electron chi connectivity index (χ2n) is 1.87. The standard InChI is InChI=1S/C6H2FN3O2/c7-6-2-1-5(10(11)12)4(3-8)9-6/h1-2H. The molecule has 0 aromatic carbocycles. The number of hydrogen-bond donors (Lipinski definition) is 0. The van der Waals surface area contributed by atoms with E-state index in [1.807, 2.05) is 0 Å². The quantitative estimate of drug-likeness (QED) is 0.355. The summed E-state index contributed by atoms with van der Waals surface area (Å²) in [7, 11) is 0. The Bertz CT molecular complexity index is 372. The number of pyridine rings is 1. The smallest absolute Gasteiger partial charge is 0.258 e. The van der Waals surface area contributed by atoms with Crippen molar-refractivity contribution < 1.29 is 9.31 Å². The number of hydrogen-bond acceptors (Lipinski definition) is 4. The molecule has 0 saturated carbocycles. The number of nitriles is 1. The van der Waals surface area contributed by atoms with E-state index in [-0.39, 0.29) is 0 Å². The van der Waals surface area contributed by atoms with Crippen LogP contribution in [0.2, 0.25) is 0 Å². The molecule has 0 spiro atoms. The molecule has 1 aromatic rings. The van der Waals surface area contributed by atoms with Crippen molar-refractivity contribution in [1.29, 1.82) is 5.26 Å². The lowest BCUT2D eigenvalue weighted by Crippen LogP contribution is -1.96. The van der Waals surface area contributed by atoms with Crippen LogP contribution in [-0.4, -0.2) is 9.91 Å². The predicted octanol–water partition coefficient (Wildman–Crippen LogP) is 1.00. The lowest BCUT2D eigenvalue weighted by molar-refractivity contribution is -0.385. The topological polar surface area (TPSA) is 79.8 Å². The molecule has 0 aliphatic carbocycles. The lowest BCUT2D eigenvalue weighted by atomic mass is 10.3. The second kappa shape index (κ2) is 2.92. The predicted molar refractivity (Wildman–Crippen MR) is 35.6 cm³/mol. The normalized spacial score (nSPS) is 9.00. The highest BCUT2D eigenvalue weighted by Gasteiger charge is 2.14. The van der Waals surface area contributed by atoms with Crippen molar-refractivity contribution in [2.45, 2.75) is 0 Å². The Kier molecular flexibility index (Phi) is 1.96. The molecule has 0 fully saturated rings. The highest BCUT2D eigenvalue weighted by molar-refractivity contribution is 5.42. The van der Waals surface area contributed by atoms with Crippen LogP contribution in [0.15, 0.2) is 12.1 Å². The van der Waals surface area contributed by atoms with Gasteiger partial charge in [-0.15, -0.1) is 0 Å². The zero-order chi connectivity index (χ0) is 9.14. The van der Waals surface area contributed by atoms with Crippen LogP contribution in [0.4, 0.5) is 10.1 Å². The Balaban J connectivity index is 3.32. The Morgan fingerprint density at radius 1 is 1.67 bits per heavy atom. The van der Waals surface area contributed by atoms with E-state index in [9.17, 15) is 14.5 Å². The maximum Gasteiger partial charge on any atom is 0.305 e. The first-order chi connectivity index (χ1) is 5.65. The van der Waals surface area contributed by atoms with Crippen molar-refractivity contribution in [3.05, 3.63) is 33.9 Å². The largest absolute Gasteiger partial charge is 0.305 e. The second-order valence-corrected chi connectivity index (χ2v) is 1.87. The molecule has 60 valence electrons. The molecular formula is C6H2FN3O2. The highest BCUT2D eigenvalue weighted by atomic mass is 19.1. The van der Waals surface area contributed by atoms with Gasteiger partial charge in [0.15, 0.2) is 0 Å². The first-order valence-electron chi connectivity index (χ1n) is 2.86. The molecular weight excluding hydrogens is 165 g/mol. The molecule has 0 bridgehead atoms. The van der Waals surface area contributed by atoms with Crippen LogP contribution in [0.3, 0.4) is 0 Å². The van der Waals surface area contributed by atoms with Gasteiger partial charge in [0.2, 0.25) is 11.6 Å². The summed E-state index contributed by atoms with van der Waals surface area (Å²) in [5.41, 5.74) is -1.00. The third-order valence-electron chi connectivity index (χ3n) is 1.14. The average molecular weight is 167 g/mol. The Morgan fingerprint density at radius 3 is 2.83 bits per heavy atom. The number of nitrogens with zero attached hydrogens (tertiary/aromatic N) is 3. The van der Waals surface area contributed by atoms with Crippen molar-refractivity contribution in [1.82, 2.24) is 4.98 Å². The average Bonchev–Trinajstić information content (AvgIpc) is 2.03.